The van der Waals surface area contributed by atoms with Crippen molar-refractivity contribution >= 4 is 23.2 Å². The third kappa shape index (κ3) is 4.10. The highest BCUT2D eigenvalue weighted by Gasteiger charge is 2.33. The van der Waals surface area contributed by atoms with Gasteiger partial charge in [-0.05, 0) is 28.8 Å². The summed E-state index contributed by atoms with van der Waals surface area (Å²) in [4.78, 5) is 17.9. The van der Waals surface area contributed by atoms with Gasteiger partial charge in [0.05, 0.1) is 7.11 Å². The maximum Gasteiger partial charge on any atom is 0.245 e. The van der Waals surface area contributed by atoms with Crippen LogP contribution >= 0.6 is 11.8 Å². The second-order valence-electron chi connectivity index (χ2n) is 7.14. The minimum Gasteiger partial charge on any atom is -0.497 e. The zero-order chi connectivity index (χ0) is 19.3. The molecule has 4 rings (SSSR count). The van der Waals surface area contributed by atoms with E-state index in [1.165, 1.54) is 5.57 Å². The zero-order valence-corrected chi connectivity index (χ0v) is 17.0. The Morgan fingerprint density at radius 1 is 1.04 bits per heavy atom. The number of rotatable bonds is 5. The van der Waals surface area contributed by atoms with Gasteiger partial charge in [-0.1, -0.05) is 48.5 Å². The van der Waals surface area contributed by atoms with Crippen molar-refractivity contribution in [1.82, 2.24) is 9.80 Å². The van der Waals surface area contributed by atoms with Gasteiger partial charge in [-0.3, -0.25) is 9.69 Å². The van der Waals surface area contributed by atoms with Gasteiger partial charge in [0.2, 0.25) is 5.91 Å². The third-order valence-corrected chi connectivity index (χ3v) is 6.39. The minimum atomic E-state index is -0.189. The van der Waals surface area contributed by atoms with E-state index in [0.717, 1.165) is 41.5 Å². The Morgan fingerprint density at radius 3 is 2.43 bits per heavy atom. The summed E-state index contributed by atoms with van der Waals surface area (Å²) in [6.07, 6.45) is 2.17. The zero-order valence-electron chi connectivity index (χ0n) is 16.2. The average molecular weight is 395 g/mol. The van der Waals surface area contributed by atoms with E-state index in [0.29, 0.717) is 13.1 Å². The van der Waals surface area contributed by atoms with Crippen LogP contribution in [-0.2, 0) is 4.79 Å². The lowest BCUT2D eigenvalue weighted by molar-refractivity contribution is -0.135. The molecule has 0 aromatic heterocycles. The van der Waals surface area contributed by atoms with E-state index in [9.17, 15) is 4.79 Å². The molecule has 2 heterocycles. The van der Waals surface area contributed by atoms with Crippen LogP contribution in [0.1, 0.15) is 17.2 Å². The molecule has 0 aliphatic carbocycles. The van der Waals surface area contributed by atoms with Crippen molar-refractivity contribution in [2.75, 3.05) is 44.8 Å². The van der Waals surface area contributed by atoms with E-state index < -0.39 is 0 Å². The maximum absolute atomic E-state index is 13.5. The summed E-state index contributed by atoms with van der Waals surface area (Å²) in [5.74, 6) is 3.23. The normalized spacial score (nSPS) is 18.6. The van der Waals surface area contributed by atoms with Crippen molar-refractivity contribution in [2.45, 2.75) is 6.04 Å². The van der Waals surface area contributed by atoms with Crippen LogP contribution in [0.3, 0.4) is 0 Å². The van der Waals surface area contributed by atoms with Crippen molar-refractivity contribution in [2.24, 2.45) is 0 Å². The summed E-state index contributed by atoms with van der Waals surface area (Å²) in [6.45, 7) is 3.26. The average Bonchev–Trinajstić information content (AvgIpc) is 3.26. The standard InChI is InChI=1S/C23H26N2O2S/c1-27-21-9-7-18(8-10-21)20-11-12-25(17-20)23(26)22(19-5-3-2-4-6-19)24-13-15-28-16-14-24/h2-11,22H,12-17H2,1H3/t22-/m1/s1. The van der Waals surface area contributed by atoms with Crippen molar-refractivity contribution in [1.29, 1.82) is 0 Å². The first-order valence-electron chi connectivity index (χ1n) is 9.75. The number of nitrogens with zero attached hydrogens (tertiary/aromatic N) is 2. The fraction of sp³-hybridized carbons (Fsp3) is 0.348. The van der Waals surface area contributed by atoms with Gasteiger partial charge < -0.3 is 9.64 Å². The van der Waals surface area contributed by atoms with Gasteiger partial charge >= 0.3 is 0 Å². The summed E-state index contributed by atoms with van der Waals surface area (Å²) in [6, 6.07) is 18.1. The number of carbonyl (C=O) groups excluding carboxylic acids is 1. The van der Waals surface area contributed by atoms with Crippen molar-refractivity contribution < 1.29 is 9.53 Å². The van der Waals surface area contributed by atoms with E-state index >= 15 is 0 Å². The Morgan fingerprint density at radius 2 is 1.75 bits per heavy atom. The largest absolute Gasteiger partial charge is 0.497 e. The van der Waals surface area contributed by atoms with Crippen molar-refractivity contribution in [3.05, 3.63) is 71.8 Å². The Labute approximate surface area is 171 Å². The number of ether oxygens (including phenoxy) is 1. The second-order valence-corrected chi connectivity index (χ2v) is 8.36. The summed E-state index contributed by atoms with van der Waals surface area (Å²) in [5.41, 5.74) is 3.45. The van der Waals surface area contributed by atoms with Crippen LogP contribution < -0.4 is 4.74 Å². The first-order chi connectivity index (χ1) is 13.8. The second kappa shape index (κ2) is 8.84. The fourth-order valence-electron chi connectivity index (χ4n) is 3.89. The van der Waals surface area contributed by atoms with Gasteiger partial charge in [0.25, 0.3) is 0 Å². The number of thioether (sulfide) groups is 1. The minimum absolute atomic E-state index is 0.189. The van der Waals surface area contributed by atoms with Gasteiger partial charge in [-0.25, -0.2) is 0 Å². The molecule has 0 saturated carbocycles. The number of methoxy groups -OCH3 is 1. The SMILES string of the molecule is COc1ccc(C2=CCN(C(=O)[C@@H](c3ccccc3)N3CCSCC3)C2)cc1. The van der Waals surface area contributed by atoms with Gasteiger partial charge in [-0.15, -0.1) is 0 Å². The molecule has 2 aliphatic heterocycles. The molecule has 146 valence electrons. The molecule has 5 heteroatoms. The van der Waals surface area contributed by atoms with E-state index in [1.54, 1.807) is 7.11 Å². The monoisotopic (exact) mass is 394 g/mol. The quantitative estimate of drug-likeness (QED) is 0.774. The molecule has 0 N–H and O–H groups in total. The molecule has 0 radical (unpaired) electrons. The topological polar surface area (TPSA) is 32.8 Å². The van der Waals surface area contributed by atoms with Gasteiger partial charge in [0.1, 0.15) is 11.8 Å². The van der Waals surface area contributed by atoms with Crippen molar-refractivity contribution in [3.8, 4) is 5.75 Å². The van der Waals surface area contributed by atoms with Crippen LogP contribution in [0.2, 0.25) is 0 Å². The van der Waals surface area contributed by atoms with Crippen LogP contribution in [0.4, 0.5) is 0 Å². The lowest BCUT2D eigenvalue weighted by Gasteiger charge is -2.35. The van der Waals surface area contributed by atoms with E-state index in [1.807, 2.05) is 47.0 Å². The highest BCUT2D eigenvalue weighted by atomic mass is 32.2. The molecule has 1 fully saturated rings. The van der Waals surface area contributed by atoms with E-state index in [4.69, 9.17) is 4.74 Å². The van der Waals surface area contributed by atoms with Crippen LogP contribution in [0, 0.1) is 0 Å². The van der Waals surface area contributed by atoms with Crippen LogP contribution in [0.15, 0.2) is 60.7 Å². The molecule has 2 aliphatic rings. The molecular weight excluding hydrogens is 368 g/mol. The highest BCUT2D eigenvalue weighted by Crippen LogP contribution is 2.30. The maximum atomic E-state index is 13.5. The Balaban J connectivity index is 1.51. The highest BCUT2D eigenvalue weighted by molar-refractivity contribution is 7.99. The predicted molar refractivity (Wildman–Crippen MR) is 116 cm³/mol. The van der Waals surface area contributed by atoms with Crippen LogP contribution in [0.25, 0.3) is 5.57 Å². The number of amides is 1. The molecule has 28 heavy (non-hydrogen) atoms. The first kappa shape index (κ1) is 19.1. The lowest BCUT2D eigenvalue weighted by atomic mass is 10.0. The number of hydrogen-bond donors (Lipinski definition) is 0. The number of hydrogen-bond acceptors (Lipinski definition) is 4. The van der Waals surface area contributed by atoms with Gasteiger partial charge in [0, 0.05) is 37.7 Å². The molecule has 1 saturated heterocycles. The summed E-state index contributed by atoms with van der Waals surface area (Å²) in [7, 11) is 1.67. The van der Waals surface area contributed by atoms with Gasteiger partial charge in [0.15, 0.2) is 0 Å². The lowest BCUT2D eigenvalue weighted by Crippen LogP contribution is -2.45. The number of carbonyl (C=O) groups is 1. The molecule has 2 aromatic carbocycles. The molecule has 1 atom stereocenters. The number of benzene rings is 2. The Hall–Kier alpha value is -2.24. The Kier molecular flexibility index (Phi) is 6.03. The molecule has 4 nitrogen and oxygen atoms in total. The molecule has 0 bridgehead atoms. The van der Waals surface area contributed by atoms with Gasteiger partial charge in [-0.2, -0.15) is 11.8 Å². The molecule has 1 amide bonds. The summed E-state index contributed by atoms with van der Waals surface area (Å²) < 4.78 is 5.25. The molecule has 2 aromatic rings. The smallest absolute Gasteiger partial charge is 0.245 e. The third-order valence-electron chi connectivity index (χ3n) is 5.45. The Bertz CT molecular complexity index is 829. The van der Waals surface area contributed by atoms with Crippen molar-refractivity contribution in [3.63, 3.8) is 0 Å². The van der Waals surface area contributed by atoms with E-state index in [-0.39, 0.29) is 11.9 Å². The molecule has 0 spiro atoms. The first-order valence-corrected chi connectivity index (χ1v) is 10.9. The van der Waals surface area contributed by atoms with Crippen LogP contribution in [-0.4, -0.2) is 60.5 Å². The molecule has 0 unspecified atom stereocenters. The van der Waals surface area contributed by atoms with Crippen LogP contribution in [0.5, 0.6) is 5.75 Å². The predicted octanol–water partition coefficient (Wildman–Crippen LogP) is 3.71. The fourth-order valence-corrected chi connectivity index (χ4v) is 4.82. The van der Waals surface area contributed by atoms with E-state index in [2.05, 4.69) is 35.2 Å². The summed E-state index contributed by atoms with van der Waals surface area (Å²) >= 11 is 1.97. The summed E-state index contributed by atoms with van der Waals surface area (Å²) in [5, 5.41) is 0. The molecular formula is C23H26N2O2S.